The Balaban J connectivity index is 1.48. The van der Waals surface area contributed by atoms with E-state index in [4.69, 9.17) is 14.2 Å². The van der Waals surface area contributed by atoms with E-state index in [1.165, 1.54) is 11.8 Å². The van der Waals surface area contributed by atoms with E-state index in [2.05, 4.69) is 17.2 Å². The molecule has 3 atom stereocenters. The Labute approximate surface area is 257 Å². The van der Waals surface area contributed by atoms with Crippen molar-refractivity contribution in [1.29, 1.82) is 0 Å². The van der Waals surface area contributed by atoms with Gasteiger partial charge < -0.3 is 29.7 Å². The minimum Gasteiger partial charge on any atom is -0.459 e. The van der Waals surface area contributed by atoms with Crippen LogP contribution in [0.4, 0.5) is 9.59 Å². The zero-order valence-corrected chi connectivity index (χ0v) is 24.6. The third-order valence-corrected chi connectivity index (χ3v) is 7.37. The highest BCUT2D eigenvalue weighted by Gasteiger charge is 2.56. The number of carbonyl (C=O) groups is 4. The number of hydrogen-bond acceptors (Lipinski definition) is 7. The summed E-state index contributed by atoms with van der Waals surface area (Å²) in [6.45, 7) is 5.27. The van der Waals surface area contributed by atoms with Crippen molar-refractivity contribution in [3.8, 4) is 0 Å². The zero-order chi connectivity index (χ0) is 31.4. The lowest BCUT2D eigenvalue weighted by Gasteiger charge is -2.32. The van der Waals surface area contributed by atoms with Crippen molar-refractivity contribution < 1.29 is 33.4 Å². The van der Waals surface area contributed by atoms with Crippen molar-refractivity contribution >= 4 is 24.1 Å². The molecule has 3 amide bonds. The molecule has 0 aromatic heterocycles. The van der Waals surface area contributed by atoms with Gasteiger partial charge in [0.2, 0.25) is 5.91 Å². The van der Waals surface area contributed by atoms with Crippen molar-refractivity contribution in [3.05, 3.63) is 120 Å². The number of likely N-dealkylation sites (tertiary alicyclic amines) is 1. The van der Waals surface area contributed by atoms with Crippen molar-refractivity contribution in [2.75, 3.05) is 13.1 Å². The van der Waals surface area contributed by atoms with Gasteiger partial charge in [0.1, 0.15) is 25.9 Å². The summed E-state index contributed by atoms with van der Waals surface area (Å²) in [5.41, 5.74) is 0.714. The molecule has 44 heavy (non-hydrogen) atoms. The van der Waals surface area contributed by atoms with Gasteiger partial charge in [-0.2, -0.15) is 0 Å². The first-order valence-electron chi connectivity index (χ1n) is 14.4. The molecular weight excluding hydrogens is 562 g/mol. The highest BCUT2D eigenvalue weighted by molar-refractivity contribution is 5.91. The number of esters is 1. The maximum absolute atomic E-state index is 13.8. The Morgan fingerprint density at radius 3 is 1.80 bits per heavy atom. The number of nitrogens with zero attached hydrogens (tertiary/aromatic N) is 1. The largest absolute Gasteiger partial charge is 0.459 e. The fourth-order valence-corrected chi connectivity index (χ4v) is 5.06. The molecule has 1 fully saturated rings. The molecular formula is C34H37N3O7. The molecule has 1 aliphatic heterocycles. The van der Waals surface area contributed by atoms with Crippen LogP contribution < -0.4 is 10.6 Å². The van der Waals surface area contributed by atoms with E-state index in [0.29, 0.717) is 6.42 Å². The van der Waals surface area contributed by atoms with Gasteiger partial charge in [-0.25, -0.2) is 14.4 Å². The number of amides is 3. The second-order valence-corrected chi connectivity index (χ2v) is 10.6. The van der Waals surface area contributed by atoms with Gasteiger partial charge in [0, 0.05) is 12.5 Å². The molecule has 0 saturated carbocycles. The maximum Gasteiger partial charge on any atom is 0.408 e. The Morgan fingerprint density at radius 1 is 0.818 bits per heavy atom. The van der Waals surface area contributed by atoms with Crippen LogP contribution in [0.5, 0.6) is 0 Å². The number of rotatable bonds is 12. The van der Waals surface area contributed by atoms with Crippen LogP contribution in [-0.2, 0) is 43.6 Å². The Bertz CT molecular complexity index is 1420. The molecule has 1 saturated heterocycles. The third-order valence-electron chi connectivity index (χ3n) is 7.37. The summed E-state index contributed by atoms with van der Waals surface area (Å²) in [6, 6.07) is 26.5. The normalized spacial score (nSPS) is 18.0. The molecule has 1 heterocycles. The zero-order valence-electron chi connectivity index (χ0n) is 24.6. The Kier molecular flexibility index (Phi) is 11.1. The van der Waals surface area contributed by atoms with E-state index in [1.54, 1.807) is 6.08 Å². The molecule has 3 aromatic carbocycles. The quantitative estimate of drug-likeness (QED) is 0.175. The fourth-order valence-electron chi connectivity index (χ4n) is 5.06. The van der Waals surface area contributed by atoms with Crippen LogP contribution in [0.3, 0.4) is 0 Å². The van der Waals surface area contributed by atoms with Crippen LogP contribution in [-0.4, -0.2) is 53.6 Å². The van der Waals surface area contributed by atoms with E-state index in [-0.39, 0.29) is 32.9 Å². The molecule has 0 radical (unpaired) electrons. The second kappa shape index (κ2) is 15.4. The monoisotopic (exact) mass is 599 g/mol. The highest BCUT2D eigenvalue weighted by atomic mass is 16.6. The number of nitrogens with one attached hydrogen (secondary N) is 2. The number of carbonyl (C=O) groups excluding carboxylic acids is 4. The molecule has 2 N–H and O–H groups in total. The van der Waals surface area contributed by atoms with Gasteiger partial charge in [0.05, 0.1) is 6.54 Å². The first kappa shape index (κ1) is 31.8. The molecule has 3 aromatic rings. The van der Waals surface area contributed by atoms with Crippen molar-refractivity contribution in [3.63, 3.8) is 0 Å². The van der Waals surface area contributed by atoms with Crippen LogP contribution in [0.2, 0.25) is 0 Å². The van der Waals surface area contributed by atoms with Gasteiger partial charge in [-0.1, -0.05) is 97.1 Å². The van der Waals surface area contributed by atoms with Crippen LogP contribution in [0, 0.1) is 5.92 Å². The molecule has 230 valence electrons. The lowest BCUT2D eigenvalue weighted by Crippen LogP contribution is -2.61. The summed E-state index contributed by atoms with van der Waals surface area (Å²) in [4.78, 5) is 54.3. The summed E-state index contributed by atoms with van der Waals surface area (Å²) in [6.07, 6.45) is 0.332. The van der Waals surface area contributed by atoms with E-state index < -0.39 is 41.6 Å². The smallest absolute Gasteiger partial charge is 0.408 e. The second-order valence-electron chi connectivity index (χ2n) is 10.6. The molecule has 0 spiro atoms. The summed E-state index contributed by atoms with van der Waals surface area (Å²) >= 11 is 0. The average Bonchev–Trinajstić information content (AvgIpc) is 3.41. The number of benzene rings is 3. The number of ether oxygens (including phenoxy) is 3. The molecule has 1 aliphatic rings. The lowest BCUT2D eigenvalue weighted by molar-refractivity contribution is -0.154. The van der Waals surface area contributed by atoms with Gasteiger partial charge in [-0.15, -0.1) is 6.58 Å². The number of hydrogen-bond donors (Lipinski definition) is 2. The van der Waals surface area contributed by atoms with Gasteiger partial charge in [0.25, 0.3) is 0 Å². The highest BCUT2D eigenvalue weighted by Crippen LogP contribution is 2.33. The first-order chi connectivity index (χ1) is 21.3. The molecule has 0 unspecified atom stereocenters. The standard InChI is InChI=1S/C34H37N3O7/c1-3-13-29-20-37(30(38)25(2)35-32(40)43-22-27-16-9-5-10-17-27)24-34(29,31(39)42-21-26-14-7-4-8-15-26)36-33(41)44-23-28-18-11-6-12-19-28/h3-12,14-19,25,29H,1,13,20-24H2,2H3,(H,35,40)(H,36,41)/t25-,29-,34-/m0/s1. The van der Waals surface area contributed by atoms with E-state index in [0.717, 1.165) is 16.7 Å². The first-order valence-corrected chi connectivity index (χ1v) is 14.4. The van der Waals surface area contributed by atoms with Crippen molar-refractivity contribution in [2.24, 2.45) is 5.92 Å². The number of allylic oxidation sites excluding steroid dienone is 1. The lowest BCUT2D eigenvalue weighted by atomic mass is 9.84. The van der Waals surface area contributed by atoms with Crippen molar-refractivity contribution in [2.45, 2.75) is 44.7 Å². The van der Waals surface area contributed by atoms with E-state index in [9.17, 15) is 19.2 Å². The molecule has 4 rings (SSSR count). The minimum absolute atomic E-state index is 0.0113. The maximum atomic E-state index is 13.8. The van der Waals surface area contributed by atoms with Crippen molar-refractivity contribution in [1.82, 2.24) is 15.5 Å². The summed E-state index contributed by atoms with van der Waals surface area (Å²) in [7, 11) is 0. The predicted octanol–water partition coefficient (Wildman–Crippen LogP) is 4.74. The summed E-state index contributed by atoms with van der Waals surface area (Å²) < 4.78 is 16.4. The van der Waals surface area contributed by atoms with Crippen LogP contribution in [0.25, 0.3) is 0 Å². The molecule has 10 nitrogen and oxygen atoms in total. The molecule has 0 aliphatic carbocycles. The predicted molar refractivity (Wildman–Crippen MR) is 163 cm³/mol. The molecule has 10 heteroatoms. The number of alkyl carbamates (subject to hydrolysis) is 2. The fraction of sp³-hybridized carbons (Fsp3) is 0.294. The van der Waals surface area contributed by atoms with Crippen LogP contribution >= 0.6 is 0 Å². The Morgan fingerprint density at radius 2 is 1.30 bits per heavy atom. The van der Waals surface area contributed by atoms with Gasteiger partial charge in [0.15, 0.2) is 5.54 Å². The van der Waals surface area contributed by atoms with E-state index in [1.807, 2.05) is 91.0 Å². The van der Waals surface area contributed by atoms with Gasteiger partial charge in [-0.3, -0.25) is 4.79 Å². The molecule has 0 bridgehead atoms. The van der Waals surface area contributed by atoms with Gasteiger partial charge in [-0.05, 0) is 30.0 Å². The van der Waals surface area contributed by atoms with Gasteiger partial charge >= 0.3 is 18.2 Å². The van der Waals surface area contributed by atoms with E-state index >= 15 is 0 Å². The minimum atomic E-state index is -1.63. The van der Waals surface area contributed by atoms with Crippen LogP contribution in [0.1, 0.15) is 30.0 Å². The Hall–Kier alpha value is -5.12. The SMILES string of the molecule is C=CC[C@H]1CN(C(=O)[C@H](C)NC(=O)OCc2ccccc2)C[C@@]1(NC(=O)OCc1ccccc1)C(=O)OCc1ccccc1. The third kappa shape index (κ3) is 8.47. The van der Waals surface area contributed by atoms with Crippen LogP contribution in [0.15, 0.2) is 104 Å². The summed E-state index contributed by atoms with van der Waals surface area (Å²) in [5, 5.41) is 5.30. The topological polar surface area (TPSA) is 123 Å². The average molecular weight is 600 g/mol. The summed E-state index contributed by atoms with van der Waals surface area (Å²) in [5.74, 6) is -1.73.